The van der Waals surface area contributed by atoms with Crippen LogP contribution in [0.15, 0.2) is 97.3 Å². The van der Waals surface area contributed by atoms with Gasteiger partial charge in [-0.3, -0.25) is 0 Å². The molecule has 7 aromatic rings. The molecule has 53 heavy (non-hydrogen) atoms. The first-order valence-electron chi connectivity index (χ1n) is 18.2. The van der Waals surface area contributed by atoms with Crippen LogP contribution in [-0.4, -0.2) is 18.0 Å². The Morgan fingerprint density at radius 3 is 2.15 bits per heavy atom. The molecule has 4 aromatic carbocycles. The molecule has 3 aromatic heterocycles. The Morgan fingerprint density at radius 1 is 0.774 bits per heavy atom. The summed E-state index contributed by atoms with van der Waals surface area (Å²) in [6, 6.07) is 38.2. The van der Waals surface area contributed by atoms with Crippen molar-refractivity contribution in [2.24, 2.45) is 5.92 Å². The van der Waals surface area contributed by atoms with E-state index in [0.29, 0.717) is 17.4 Å². The fourth-order valence-corrected chi connectivity index (χ4v) is 9.73. The van der Waals surface area contributed by atoms with Gasteiger partial charge in [-0.05, 0) is 98.2 Å². The van der Waals surface area contributed by atoms with Crippen LogP contribution in [0.25, 0.3) is 53.8 Å². The van der Waals surface area contributed by atoms with Crippen LogP contribution in [-0.2, 0) is 26.5 Å². The number of hydrogen-bond donors (Lipinski definition) is 0. The summed E-state index contributed by atoms with van der Waals surface area (Å²) in [4.78, 5) is 9.43. The fourth-order valence-electron chi connectivity index (χ4n) is 6.88. The van der Waals surface area contributed by atoms with Crippen molar-refractivity contribution in [3.63, 3.8) is 0 Å². The molecule has 1 radical (unpaired) electrons. The Labute approximate surface area is 334 Å². The first-order chi connectivity index (χ1) is 24.8. The molecule has 0 saturated heterocycles. The molecular formula is C47H47IrN3SSi-2. The van der Waals surface area contributed by atoms with Crippen LogP contribution in [0.4, 0.5) is 0 Å². The molecule has 0 N–H and O–H groups in total. The number of nitrogens with zero attached hydrogens (tertiary/aromatic N) is 3. The Kier molecular flexibility index (Phi) is 12.7. The molecule has 6 heteroatoms. The number of pyridine rings is 2. The van der Waals surface area contributed by atoms with E-state index in [1.807, 2.05) is 35.7 Å². The maximum atomic E-state index is 8.89. The number of aromatic nitrogens is 2. The third kappa shape index (κ3) is 8.94. The van der Waals surface area contributed by atoms with Gasteiger partial charge >= 0.3 is 0 Å². The molecule has 3 heterocycles. The number of fused-ring (bicyclic) bond motifs is 3. The predicted molar refractivity (Wildman–Crippen MR) is 225 cm³/mol. The van der Waals surface area contributed by atoms with Gasteiger partial charge in [0.2, 0.25) is 0 Å². The summed E-state index contributed by atoms with van der Waals surface area (Å²) in [6.07, 6.45) is 5.14. The first-order valence-corrected chi connectivity index (χ1v) is 22.5. The maximum absolute atomic E-state index is 8.89. The summed E-state index contributed by atoms with van der Waals surface area (Å²) in [5.74, 6) is 1.10. The molecule has 0 fully saturated rings. The minimum Gasteiger partial charge on any atom is -0.305 e. The monoisotopic (exact) mass is 906 g/mol. The van der Waals surface area contributed by atoms with Gasteiger partial charge in [-0.1, -0.05) is 107 Å². The third-order valence-electron chi connectivity index (χ3n) is 9.49. The largest absolute Gasteiger partial charge is 0.305 e. The van der Waals surface area contributed by atoms with Gasteiger partial charge in [0.1, 0.15) is 0 Å². The molecule has 7 rings (SSSR count). The van der Waals surface area contributed by atoms with Crippen LogP contribution in [0.2, 0.25) is 19.6 Å². The van der Waals surface area contributed by atoms with Crippen LogP contribution in [0.1, 0.15) is 61.4 Å². The second-order valence-electron chi connectivity index (χ2n) is 15.5. The van der Waals surface area contributed by atoms with E-state index in [1.165, 1.54) is 58.7 Å². The third-order valence-corrected chi connectivity index (χ3v) is 12.9. The van der Waals surface area contributed by atoms with Crippen LogP contribution < -0.4 is 5.19 Å². The van der Waals surface area contributed by atoms with Gasteiger partial charge in [-0.2, -0.15) is 11.3 Å². The van der Waals surface area contributed by atoms with E-state index in [9.17, 15) is 0 Å². The number of aryl methyl sites for hydroxylation is 2. The summed E-state index contributed by atoms with van der Waals surface area (Å²) >= 11 is 1.86. The predicted octanol–water partition coefficient (Wildman–Crippen LogP) is 12.5. The SMILES string of the molecule is CC(C)Cc1cc(-c2[c-]cc(C#N)cc2)ncc1[Si](C)(C)C.Cc1cnc(-c2[c-]ccc3c2sc2c(C)cc(-c4ccccc4)cc23)cc1C(C)C.[Ir]. The van der Waals surface area contributed by atoms with Gasteiger partial charge in [0.05, 0.1) is 8.07 Å². The van der Waals surface area contributed by atoms with Gasteiger partial charge in [0.25, 0.3) is 0 Å². The summed E-state index contributed by atoms with van der Waals surface area (Å²) in [5, 5.41) is 12.9. The Bertz CT molecular complexity index is 2400. The van der Waals surface area contributed by atoms with Gasteiger partial charge in [0, 0.05) is 43.3 Å². The molecule has 271 valence electrons. The van der Waals surface area contributed by atoms with Crippen molar-refractivity contribution < 1.29 is 20.1 Å². The van der Waals surface area contributed by atoms with Crippen molar-refractivity contribution in [3.8, 4) is 39.7 Å². The van der Waals surface area contributed by atoms with Crippen molar-refractivity contribution in [1.82, 2.24) is 9.97 Å². The molecule has 0 saturated carbocycles. The van der Waals surface area contributed by atoms with E-state index < -0.39 is 8.07 Å². The average Bonchev–Trinajstić information content (AvgIpc) is 3.51. The Balaban J connectivity index is 0.000000211. The minimum absolute atomic E-state index is 0. The van der Waals surface area contributed by atoms with Crippen molar-refractivity contribution in [2.45, 2.75) is 73.5 Å². The van der Waals surface area contributed by atoms with Crippen LogP contribution in [0.3, 0.4) is 0 Å². The van der Waals surface area contributed by atoms with Crippen LogP contribution in [0, 0.1) is 43.2 Å². The van der Waals surface area contributed by atoms with Crippen LogP contribution in [0.5, 0.6) is 0 Å². The molecular weight excluding hydrogens is 859 g/mol. The van der Waals surface area contributed by atoms with E-state index in [0.717, 1.165) is 28.9 Å². The Morgan fingerprint density at radius 2 is 1.51 bits per heavy atom. The Hall–Kier alpha value is -4.24. The van der Waals surface area contributed by atoms with Crippen molar-refractivity contribution >= 4 is 44.8 Å². The minimum atomic E-state index is -1.40. The topological polar surface area (TPSA) is 49.6 Å². The standard InChI is InChI=1S/C28H24NS.C19H23N2Si.Ir/c1-17(2)24-15-26(29-16-19(24)4)23-12-8-11-22-25-14-21(20-9-6-5-7-10-20)13-18(3)27(25)30-28(22)23;1-14(2)10-17-11-18(21-13-19(17)22(3,4)5)16-8-6-15(12-20)7-9-16;/h5-11,13-17H,1-4H3;6-8,11,13-14H,10H2,1-5H3;/q2*-1;. The van der Waals surface area contributed by atoms with Gasteiger partial charge < -0.3 is 9.97 Å². The number of benzene rings is 4. The first kappa shape index (κ1) is 40.0. The summed E-state index contributed by atoms with van der Waals surface area (Å²) in [7, 11) is -1.40. The number of thiophene rings is 1. The van der Waals surface area contributed by atoms with E-state index in [2.05, 4.69) is 151 Å². The maximum Gasteiger partial charge on any atom is 0.0798 e. The molecule has 0 aliphatic carbocycles. The van der Waals surface area contributed by atoms with Crippen molar-refractivity contribution in [1.29, 1.82) is 5.26 Å². The van der Waals surface area contributed by atoms with Gasteiger partial charge in [-0.15, -0.1) is 53.6 Å². The smallest absolute Gasteiger partial charge is 0.0798 e. The summed E-state index contributed by atoms with van der Waals surface area (Å²) in [5.41, 5.74) is 12.5. The zero-order chi connectivity index (χ0) is 37.2. The van der Waals surface area contributed by atoms with Crippen LogP contribution >= 0.6 is 11.3 Å². The molecule has 0 aliphatic heterocycles. The second-order valence-corrected chi connectivity index (χ2v) is 21.6. The average molecular weight is 906 g/mol. The van der Waals surface area contributed by atoms with E-state index in [4.69, 9.17) is 10.2 Å². The van der Waals surface area contributed by atoms with Crippen molar-refractivity contribution in [3.05, 3.63) is 137 Å². The molecule has 0 unspecified atom stereocenters. The van der Waals surface area contributed by atoms with E-state index >= 15 is 0 Å². The van der Waals surface area contributed by atoms with Gasteiger partial charge in [-0.25, -0.2) is 5.26 Å². The summed E-state index contributed by atoms with van der Waals surface area (Å²) < 4.78 is 2.62. The summed E-state index contributed by atoms with van der Waals surface area (Å²) in [6.45, 7) is 20.4. The zero-order valence-electron chi connectivity index (χ0n) is 32.2. The molecule has 0 aliphatic rings. The van der Waals surface area contributed by atoms with E-state index in [1.54, 1.807) is 6.07 Å². The van der Waals surface area contributed by atoms with Gasteiger partial charge in [0.15, 0.2) is 0 Å². The molecule has 0 atom stereocenters. The molecule has 0 bridgehead atoms. The zero-order valence-corrected chi connectivity index (χ0v) is 36.4. The molecule has 3 nitrogen and oxygen atoms in total. The molecule has 0 spiro atoms. The van der Waals surface area contributed by atoms with Crippen molar-refractivity contribution in [2.75, 3.05) is 0 Å². The second kappa shape index (κ2) is 16.8. The quantitative estimate of drug-likeness (QED) is 0.118. The number of nitriles is 1. The number of rotatable bonds is 7. The number of hydrogen-bond acceptors (Lipinski definition) is 4. The van der Waals surface area contributed by atoms with E-state index in [-0.39, 0.29) is 20.1 Å². The normalized spacial score (nSPS) is 11.4. The fraction of sp³-hybridized carbons (Fsp3) is 0.255. The molecule has 0 amide bonds.